The van der Waals surface area contributed by atoms with Crippen molar-refractivity contribution in [3.8, 4) is 0 Å². The van der Waals surface area contributed by atoms with Gasteiger partial charge >= 0.3 is 6.18 Å². The summed E-state index contributed by atoms with van der Waals surface area (Å²) in [6.07, 6.45) is -0.670. The SMILES string of the molecule is CC1c2cc(C(F)(F)F)sc2CCN1C(=O)c1cc2ncc(Br)cn2n1. The van der Waals surface area contributed by atoms with Gasteiger partial charge in [-0.05, 0) is 40.9 Å². The lowest BCUT2D eigenvalue weighted by molar-refractivity contribution is -0.134. The minimum atomic E-state index is -4.36. The average Bonchev–Trinajstić information content (AvgIpc) is 3.18. The van der Waals surface area contributed by atoms with E-state index in [1.807, 2.05) is 0 Å². The normalized spacial score (nSPS) is 17.6. The van der Waals surface area contributed by atoms with E-state index in [1.165, 1.54) is 4.52 Å². The molecule has 1 atom stereocenters. The molecule has 0 aromatic carbocycles. The summed E-state index contributed by atoms with van der Waals surface area (Å²) < 4.78 is 41.2. The lowest BCUT2D eigenvalue weighted by Gasteiger charge is -2.33. The largest absolute Gasteiger partial charge is 0.425 e. The summed E-state index contributed by atoms with van der Waals surface area (Å²) in [4.78, 5) is 18.7. The molecule has 1 unspecified atom stereocenters. The van der Waals surface area contributed by atoms with E-state index in [1.54, 1.807) is 30.3 Å². The molecular formula is C16H12BrF3N4OS. The summed E-state index contributed by atoms with van der Waals surface area (Å²) in [6, 6.07) is 2.29. The summed E-state index contributed by atoms with van der Waals surface area (Å²) in [5.41, 5.74) is 1.31. The predicted molar refractivity (Wildman–Crippen MR) is 93.2 cm³/mol. The van der Waals surface area contributed by atoms with E-state index >= 15 is 0 Å². The maximum absolute atomic E-state index is 13.0. The van der Waals surface area contributed by atoms with Gasteiger partial charge in [-0.1, -0.05) is 0 Å². The van der Waals surface area contributed by atoms with Crippen LogP contribution in [0.3, 0.4) is 0 Å². The van der Waals surface area contributed by atoms with E-state index in [-0.39, 0.29) is 11.6 Å². The number of carbonyl (C=O) groups excluding carboxylic acids is 1. The van der Waals surface area contributed by atoms with Crippen LogP contribution in [0.4, 0.5) is 13.2 Å². The van der Waals surface area contributed by atoms with Crippen LogP contribution in [-0.2, 0) is 12.6 Å². The molecular weight excluding hydrogens is 433 g/mol. The number of rotatable bonds is 1. The Labute approximate surface area is 158 Å². The average molecular weight is 445 g/mol. The first-order valence-corrected chi connectivity index (χ1v) is 9.36. The number of nitrogens with zero attached hydrogens (tertiary/aromatic N) is 4. The third kappa shape index (κ3) is 2.90. The van der Waals surface area contributed by atoms with Crippen LogP contribution in [0.1, 0.15) is 38.8 Å². The second-order valence-corrected chi connectivity index (χ2v) is 8.07. The first-order valence-electron chi connectivity index (χ1n) is 7.76. The van der Waals surface area contributed by atoms with Crippen molar-refractivity contribution in [1.82, 2.24) is 19.5 Å². The number of amides is 1. The Morgan fingerprint density at radius 2 is 2.15 bits per heavy atom. The molecule has 4 heterocycles. The highest BCUT2D eigenvalue weighted by Gasteiger charge is 2.37. The highest BCUT2D eigenvalue weighted by molar-refractivity contribution is 9.10. The summed E-state index contributed by atoms with van der Waals surface area (Å²) in [6.45, 7) is 2.10. The van der Waals surface area contributed by atoms with Gasteiger partial charge in [0.2, 0.25) is 0 Å². The molecule has 0 aliphatic carbocycles. The van der Waals surface area contributed by atoms with Gasteiger partial charge in [0, 0.05) is 29.9 Å². The fraction of sp³-hybridized carbons (Fsp3) is 0.312. The molecule has 10 heteroatoms. The van der Waals surface area contributed by atoms with Gasteiger partial charge in [0.1, 0.15) is 4.88 Å². The fourth-order valence-electron chi connectivity index (χ4n) is 3.10. The Balaban J connectivity index is 1.65. The van der Waals surface area contributed by atoms with Crippen molar-refractivity contribution >= 4 is 38.8 Å². The number of aromatic nitrogens is 3. The fourth-order valence-corrected chi connectivity index (χ4v) is 4.50. The van der Waals surface area contributed by atoms with Crippen LogP contribution >= 0.6 is 27.3 Å². The van der Waals surface area contributed by atoms with Crippen molar-refractivity contribution in [3.05, 3.63) is 50.0 Å². The molecule has 0 fully saturated rings. The first kappa shape index (κ1) is 17.5. The lowest BCUT2D eigenvalue weighted by Crippen LogP contribution is -2.38. The van der Waals surface area contributed by atoms with Gasteiger partial charge in [0.15, 0.2) is 11.3 Å². The Kier molecular flexibility index (Phi) is 4.07. The quantitative estimate of drug-likeness (QED) is 0.561. The van der Waals surface area contributed by atoms with Crippen molar-refractivity contribution in [2.75, 3.05) is 6.54 Å². The zero-order chi connectivity index (χ0) is 18.6. The van der Waals surface area contributed by atoms with Gasteiger partial charge < -0.3 is 4.90 Å². The molecule has 3 aromatic rings. The smallest absolute Gasteiger partial charge is 0.330 e. The first-order chi connectivity index (χ1) is 12.2. The number of fused-ring (bicyclic) bond motifs is 2. The van der Waals surface area contributed by atoms with Crippen LogP contribution in [0.2, 0.25) is 0 Å². The van der Waals surface area contributed by atoms with Crippen LogP contribution in [0.15, 0.2) is 29.0 Å². The predicted octanol–water partition coefficient (Wildman–Crippen LogP) is 4.33. The van der Waals surface area contributed by atoms with Crippen LogP contribution in [0.5, 0.6) is 0 Å². The molecule has 3 aromatic heterocycles. The van der Waals surface area contributed by atoms with Crippen LogP contribution in [0, 0.1) is 0 Å². The summed E-state index contributed by atoms with van der Waals surface area (Å²) in [5.74, 6) is -0.315. The maximum atomic E-state index is 13.0. The summed E-state index contributed by atoms with van der Waals surface area (Å²) in [7, 11) is 0. The van der Waals surface area contributed by atoms with Crippen LogP contribution in [0.25, 0.3) is 5.65 Å². The lowest BCUT2D eigenvalue weighted by atomic mass is 10.0. The van der Waals surface area contributed by atoms with Crippen molar-refractivity contribution in [1.29, 1.82) is 0 Å². The minimum absolute atomic E-state index is 0.220. The molecule has 0 bridgehead atoms. The third-order valence-electron chi connectivity index (χ3n) is 4.38. The van der Waals surface area contributed by atoms with E-state index in [2.05, 4.69) is 26.0 Å². The summed E-state index contributed by atoms with van der Waals surface area (Å²) >= 11 is 4.05. The highest BCUT2D eigenvalue weighted by atomic mass is 79.9. The molecule has 1 aliphatic rings. The maximum Gasteiger partial charge on any atom is 0.425 e. The molecule has 0 saturated heterocycles. The van der Waals surface area contributed by atoms with Crippen molar-refractivity contribution in [3.63, 3.8) is 0 Å². The summed E-state index contributed by atoms with van der Waals surface area (Å²) in [5, 5.41) is 4.24. The van der Waals surface area contributed by atoms with Crippen molar-refractivity contribution in [2.45, 2.75) is 25.6 Å². The number of thiophene rings is 1. The van der Waals surface area contributed by atoms with E-state index in [4.69, 9.17) is 0 Å². The second kappa shape index (κ2) is 6.05. The van der Waals surface area contributed by atoms with Gasteiger partial charge in [-0.25, -0.2) is 9.50 Å². The van der Waals surface area contributed by atoms with E-state index in [9.17, 15) is 18.0 Å². The molecule has 1 aliphatic heterocycles. The van der Waals surface area contributed by atoms with Gasteiger partial charge in [0.05, 0.1) is 10.5 Å². The molecule has 4 rings (SSSR count). The van der Waals surface area contributed by atoms with Gasteiger partial charge in [-0.3, -0.25) is 4.79 Å². The Hall–Kier alpha value is -1.94. The van der Waals surface area contributed by atoms with Gasteiger partial charge in [-0.2, -0.15) is 18.3 Å². The van der Waals surface area contributed by atoms with Gasteiger partial charge in [0.25, 0.3) is 5.91 Å². The van der Waals surface area contributed by atoms with E-state index < -0.39 is 17.1 Å². The minimum Gasteiger partial charge on any atom is -0.330 e. The van der Waals surface area contributed by atoms with Crippen molar-refractivity contribution < 1.29 is 18.0 Å². The molecule has 26 heavy (non-hydrogen) atoms. The van der Waals surface area contributed by atoms with E-state index in [0.717, 1.165) is 21.9 Å². The number of hydrogen-bond donors (Lipinski definition) is 0. The Bertz CT molecular complexity index is 1010. The van der Waals surface area contributed by atoms with Crippen molar-refractivity contribution in [2.24, 2.45) is 0 Å². The van der Waals surface area contributed by atoms with Crippen LogP contribution in [-0.4, -0.2) is 31.9 Å². The molecule has 0 spiro atoms. The monoisotopic (exact) mass is 444 g/mol. The number of hydrogen-bond acceptors (Lipinski definition) is 4. The Morgan fingerprint density at radius 3 is 2.88 bits per heavy atom. The molecule has 136 valence electrons. The zero-order valence-corrected chi connectivity index (χ0v) is 15.8. The molecule has 0 saturated carbocycles. The zero-order valence-electron chi connectivity index (χ0n) is 13.4. The topological polar surface area (TPSA) is 50.5 Å². The van der Waals surface area contributed by atoms with Gasteiger partial charge in [-0.15, -0.1) is 11.3 Å². The number of carbonyl (C=O) groups is 1. The Morgan fingerprint density at radius 1 is 1.38 bits per heavy atom. The number of halogens is 4. The molecule has 0 radical (unpaired) electrons. The third-order valence-corrected chi connectivity index (χ3v) is 6.05. The van der Waals surface area contributed by atoms with E-state index in [0.29, 0.717) is 29.1 Å². The number of alkyl halides is 3. The highest BCUT2D eigenvalue weighted by Crippen LogP contribution is 2.42. The standard InChI is InChI=1S/C16H12BrF3N4OS/c1-8-10-4-13(16(18,19)20)26-12(10)2-3-23(8)15(25)11-5-14-21-6-9(17)7-24(14)22-11/h4-8H,2-3H2,1H3. The second-order valence-electron chi connectivity index (χ2n) is 6.02. The molecule has 0 N–H and O–H groups in total. The molecule has 5 nitrogen and oxygen atoms in total. The van der Waals surface area contributed by atoms with Crippen LogP contribution < -0.4 is 0 Å². The molecule has 1 amide bonds.